The summed E-state index contributed by atoms with van der Waals surface area (Å²) in [6.45, 7) is 0. The molecular weight excluding hydrogens is 789 g/mol. The van der Waals surface area contributed by atoms with Crippen molar-refractivity contribution < 1.29 is 46.8 Å². The zero-order valence-electron chi connectivity index (χ0n) is 24.0. The third-order valence-corrected chi connectivity index (χ3v) is 14.6. The molecule has 2 aromatic carbocycles. The molecule has 0 spiro atoms. The van der Waals surface area contributed by atoms with Gasteiger partial charge in [0.1, 0.15) is 19.6 Å². The summed E-state index contributed by atoms with van der Waals surface area (Å²) in [5.74, 6) is -0.339. The van der Waals surface area contributed by atoms with Crippen LogP contribution in [0.1, 0.15) is 12.8 Å². The summed E-state index contributed by atoms with van der Waals surface area (Å²) >= 11 is 12.3. The molecule has 5 unspecified atom stereocenters. The normalized spacial score (nSPS) is 26.8. The third kappa shape index (κ3) is 8.19. The fourth-order valence-corrected chi connectivity index (χ4v) is 11.7. The standard InChI is InChI=1S/C14H16ClN3O4S2.C10H11ClF3N3O4S3/c15-10-5-11-13(6-12(10)23(16,19)20)24(21,22)18-14(17-11)9-4-7-1-2-8(9)3-7;11-5-1-6-8(2-7(5)23(15,18)19)24(20,21)17-9(16-6)3-22-4-10(12,13)14/h1-2,5-9,14,17-18H,3-4H2,(H2,16,19,20);1-2,9,16-17H,3-4H2,(H2,15,18,19). The van der Waals surface area contributed by atoms with Crippen LogP contribution in [0.4, 0.5) is 24.5 Å². The number of sulfonamides is 4. The van der Waals surface area contributed by atoms with Crippen LogP contribution >= 0.6 is 35.0 Å². The number of allylic oxidation sites excluding steroid dienone is 2. The number of thioether (sulfide) groups is 1. The van der Waals surface area contributed by atoms with Gasteiger partial charge in [0.2, 0.25) is 40.1 Å². The lowest BCUT2D eigenvalue weighted by molar-refractivity contribution is -0.105. The number of hydrogen-bond acceptors (Lipinski definition) is 11. The molecule has 0 saturated heterocycles. The summed E-state index contributed by atoms with van der Waals surface area (Å²) in [4.78, 5) is -1.55. The first kappa shape index (κ1) is 37.4. The van der Waals surface area contributed by atoms with Crippen molar-refractivity contribution in [2.75, 3.05) is 22.1 Å². The van der Waals surface area contributed by atoms with Gasteiger partial charge in [0.25, 0.3) is 0 Å². The van der Waals surface area contributed by atoms with E-state index in [1.807, 2.05) is 0 Å². The summed E-state index contributed by atoms with van der Waals surface area (Å²) in [6.07, 6.45) is 0.458. The van der Waals surface area contributed by atoms with Crippen LogP contribution in [0.3, 0.4) is 0 Å². The molecule has 6 rings (SSSR count). The number of anilines is 2. The van der Waals surface area contributed by atoms with Gasteiger partial charge >= 0.3 is 6.18 Å². The molecule has 1 fully saturated rings. The summed E-state index contributed by atoms with van der Waals surface area (Å²) in [5.41, 5.74) is 0.270. The van der Waals surface area contributed by atoms with Gasteiger partial charge in [-0.05, 0) is 48.9 Å². The summed E-state index contributed by atoms with van der Waals surface area (Å²) in [5, 5.41) is 15.5. The van der Waals surface area contributed by atoms with Crippen molar-refractivity contribution >= 4 is 86.4 Å². The van der Waals surface area contributed by atoms with Crippen molar-refractivity contribution in [1.82, 2.24) is 9.44 Å². The zero-order valence-corrected chi connectivity index (χ0v) is 29.6. The summed E-state index contributed by atoms with van der Waals surface area (Å²) in [6, 6.07) is 4.15. The lowest BCUT2D eigenvalue weighted by Crippen LogP contribution is -2.50. The lowest BCUT2D eigenvalue weighted by Gasteiger charge is -2.35. The Morgan fingerprint density at radius 2 is 1.33 bits per heavy atom. The minimum Gasteiger partial charge on any atom is -0.368 e. The lowest BCUT2D eigenvalue weighted by atomic mass is 9.91. The number of primary sulfonamides is 2. The van der Waals surface area contributed by atoms with Gasteiger partial charge in [-0.1, -0.05) is 35.4 Å². The molecule has 1 saturated carbocycles. The average molecular weight is 816 g/mol. The molecule has 266 valence electrons. The molecule has 2 aliphatic carbocycles. The Morgan fingerprint density at radius 3 is 1.79 bits per heavy atom. The molecule has 2 heterocycles. The van der Waals surface area contributed by atoms with Crippen LogP contribution in [0.5, 0.6) is 0 Å². The number of nitrogens with one attached hydrogen (secondary N) is 4. The quantitative estimate of drug-likeness (QED) is 0.232. The van der Waals surface area contributed by atoms with Crippen LogP contribution < -0.4 is 30.4 Å². The predicted molar refractivity (Wildman–Crippen MR) is 173 cm³/mol. The van der Waals surface area contributed by atoms with E-state index in [1.54, 1.807) is 0 Å². The largest absolute Gasteiger partial charge is 0.397 e. The van der Waals surface area contributed by atoms with Crippen molar-refractivity contribution in [3.63, 3.8) is 0 Å². The van der Waals surface area contributed by atoms with Crippen LogP contribution in [0.25, 0.3) is 0 Å². The van der Waals surface area contributed by atoms with Crippen LogP contribution in [-0.4, -0.2) is 63.7 Å². The van der Waals surface area contributed by atoms with Crippen LogP contribution in [0, 0.1) is 17.8 Å². The highest BCUT2D eigenvalue weighted by Gasteiger charge is 2.44. The van der Waals surface area contributed by atoms with Crippen molar-refractivity contribution in [2.24, 2.45) is 28.0 Å². The topological polar surface area (TPSA) is 237 Å². The van der Waals surface area contributed by atoms with Gasteiger partial charge in [0.15, 0.2) is 0 Å². The fourth-order valence-electron chi connectivity index (χ4n) is 5.84. The molecule has 8 N–H and O–H groups in total. The van der Waals surface area contributed by atoms with Crippen molar-refractivity contribution in [1.29, 1.82) is 0 Å². The van der Waals surface area contributed by atoms with Gasteiger partial charge in [-0.2, -0.15) is 22.6 Å². The molecule has 24 heteroatoms. The van der Waals surface area contributed by atoms with E-state index in [2.05, 4.69) is 32.2 Å². The van der Waals surface area contributed by atoms with Crippen molar-refractivity contribution in [3.8, 4) is 0 Å². The maximum Gasteiger partial charge on any atom is 0.397 e. The number of alkyl halides is 3. The highest BCUT2D eigenvalue weighted by atomic mass is 35.5. The predicted octanol–water partition coefficient (Wildman–Crippen LogP) is 2.54. The number of nitrogens with two attached hydrogens (primary N) is 2. The number of halogens is 5. The number of hydrogen-bond donors (Lipinski definition) is 6. The molecule has 48 heavy (non-hydrogen) atoms. The first-order valence-electron chi connectivity index (χ1n) is 13.6. The van der Waals surface area contributed by atoms with Gasteiger partial charge in [-0.25, -0.2) is 43.9 Å². The van der Waals surface area contributed by atoms with E-state index in [9.17, 15) is 46.8 Å². The Bertz CT molecular complexity index is 2120. The van der Waals surface area contributed by atoms with Gasteiger partial charge in [-0.3, -0.25) is 0 Å². The maximum atomic E-state index is 12.6. The van der Waals surface area contributed by atoms with Crippen molar-refractivity contribution in [2.45, 2.75) is 50.9 Å². The second-order valence-electron chi connectivity index (χ2n) is 11.3. The molecule has 2 aliphatic heterocycles. The van der Waals surface area contributed by atoms with Crippen LogP contribution in [-0.2, 0) is 40.1 Å². The van der Waals surface area contributed by atoms with E-state index in [0.29, 0.717) is 29.3 Å². The third-order valence-electron chi connectivity index (χ3n) is 7.79. The number of rotatable bonds is 6. The first-order valence-corrected chi connectivity index (χ1v) is 21.5. The molecule has 2 bridgehead atoms. The molecule has 5 atom stereocenters. The van der Waals surface area contributed by atoms with E-state index < -0.39 is 79.0 Å². The van der Waals surface area contributed by atoms with Gasteiger partial charge in [0, 0.05) is 11.7 Å². The Balaban J connectivity index is 0.000000188. The highest BCUT2D eigenvalue weighted by molar-refractivity contribution is 7.99. The number of fused-ring (bicyclic) bond motifs is 4. The van der Waals surface area contributed by atoms with Gasteiger partial charge in [-0.15, -0.1) is 11.8 Å². The minimum absolute atomic E-state index is 0.0243. The van der Waals surface area contributed by atoms with Crippen LogP contribution in [0.2, 0.25) is 10.0 Å². The fraction of sp³-hybridized carbons (Fsp3) is 0.417. The summed E-state index contributed by atoms with van der Waals surface area (Å²) < 4.78 is 137. The molecule has 14 nitrogen and oxygen atoms in total. The Hall–Kier alpha value is -1.86. The Labute approximate surface area is 288 Å². The van der Waals surface area contributed by atoms with E-state index in [0.717, 1.165) is 31.0 Å². The SMILES string of the molecule is NS(=O)(=O)c1cc2c(cc1Cl)NC(C1CC3C=CC1C3)NS2(=O)=O.NS(=O)(=O)c1cc2c(cc1Cl)NC(CSCC(F)(F)F)NS2(=O)=O. The molecule has 4 aliphatic rings. The average Bonchev–Trinajstić information content (AvgIpc) is 3.54. The van der Waals surface area contributed by atoms with Crippen LogP contribution in [0.15, 0.2) is 56.0 Å². The number of benzene rings is 2. The minimum atomic E-state index is -4.37. The molecule has 2 aromatic rings. The Morgan fingerprint density at radius 1 is 0.812 bits per heavy atom. The second-order valence-corrected chi connectivity index (χ2v) is 19.6. The van der Waals surface area contributed by atoms with Gasteiger partial charge < -0.3 is 10.6 Å². The summed E-state index contributed by atoms with van der Waals surface area (Å²) in [7, 11) is -16.4. The Kier molecular flexibility index (Phi) is 10.2. The molecule has 0 aromatic heterocycles. The second kappa shape index (κ2) is 13.0. The maximum absolute atomic E-state index is 12.6. The van der Waals surface area contributed by atoms with Crippen molar-refractivity contribution in [3.05, 3.63) is 46.5 Å². The first-order chi connectivity index (χ1) is 21.9. The van der Waals surface area contributed by atoms with Gasteiger partial charge in [0.05, 0.1) is 39.5 Å². The highest BCUT2D eigenvalue weighted by Crippen LogP contribution is 2.46. The van der Waals surface area contributed by atoms with E-state index in [4.69, 9.17) is 33.5 Å². The molecule has 0 radical (unpaired) electrons. The zero-order chi connectivity index (χ0) is 35.6. The monoisotopic (exact) mass is 814 g/mol. The van der Waals surface area contributed by atoms with E-state index in [1.165, 1.54) is 6.07 Å². The molecular formula is C24H27Cl2F3N6O8S5. The smallest absolute Gasteiger partial charge is 0.368 e. The van der Waals surface area contributed by atoms with E-state index in [-0.39, 0.29) is 32.3 Å². The van der Waals surface area contributed by atoms with E-state index >= 15 is 0 Å². The molecule has 0 amide bonds.